The highest BCUT2D eigenvalue weighted by Crippen LogP contribution is 2.07. The molecular formula is C9H9NO2S. The van der Waals surface area contributed by atoms with E-state index in [-0.39, 0.29) is 5.56 Å². The average molecular weight is 195 g/mol. The minimum atomic E-state index is -0.966. The molecule has 0 aromatic carbocycles. The van der Waals surface area contributed by atoms with Crippen LogP contribution in [0.3, 0.4) is 0 Å². The van der Waals surface area contributed by atoms with E-state index in [9.17, 15) is 4.79 Å². The lowest BCUT2D eigenvalue weighted by atomic mass is 10.2. The number of pyridine rings is 1. The minimum Gasteiger partial charge on any atom is -0.478 e. The highest BCUT2D eigenvalue weighted by molar-refractivity contribution is 7.80. The van der Waals surface area contributed by atoms with Gasteiger partial charge < -0.3 is 5.11 Å². The van der Waals surface area contributed by atoms with Gasteiger partial charge in [0.1, 0.15) is 0 Å². The first-order valence-corrected chi connectivity index (χ1v) is 4.34. The number of carboxylic acids is 1. The third-order valence-corrected chi connectivity index (χ3v) is 1.66. The van der Waals surface area contributed by atoms with Gasteiger partial charge in [-0.3, -0.25) is 4.98 Å². The van der Waals surface area contributed by atoms with Gasteiger partial charge in [0.05, 0.1) is 11.3 Å². The van der Waals surface area contributed by atoms with Crippen LogP contribution in [0, 0.1) is 0 Å². The summed E-state index contributed by atoms with van der Waals surface area (Å²) in [5.74, 6) is -0.401. The van der Waals surface area contributed by atoms with Crippen molar-refractivity contribution in [2.75, 3.05) is 5.75 Å². The van der Waals surface area contributed by atoms with E-state index in [1.807, 2.05) is 0 Å². The molecule has 4 heteroatoms. The number of hydrogen-bond donors (Lipinski definition) is 2. The largest absolute Gasteiger partial charge is 0.478 e. The lowest BCUT2D eigenvalue weighted by molar-refractivity contribution is 0.0696. The molecule has 13 heavy (non-hydrogen) atoms. The summed E-state index contributed by atoms with van der Waals surface area (Å²) >= 11 is 3.97. The van der Waals surface area contributed by atoms with E-state index in [0.717, 1.165) is 0 Å². The number of rotatable bonds is 3. The van der Waals surface area contributed by atoms with E-state index in [2.05, 4.69) is 17.6 Å². The van der Waals surface area contributed by atoms with E-state index < -0.39 is 5.97 Å². The number of thiol groups is 1. The van der Waals surface area contributed by atoms with Gasteiger partial charge in [0, 0.05) is 11.9 Å². The topological polar surface area (TPSA) is 50.2 Å². The van der Waals surface area contributed by atoms with Crippen molar-refractivity contribution >= 4 is 24.7 Å². The molecule has 68 valence electrons. The van der Waals surface area contributed by atoms with Crippen LogP contribution in [0.1, 0.15) is 16.1 Å². The van der Waals surface area contributed by atoms with E-state index in [1.165, 1.54) is 6.07 Å². The lowest BCUT2D eigenvalue weighted by Gasteiger charge is -1.97. The molecule has 1 aromatic rings. The van der Waals surface area contributed by atoms with Crippen molar-refractivity contribution in [2.24, 2.45) is 0 Å². The summed E-state index contributed by atoms with van der Waals surface area (Å²) in [4.78, 5) is 14.6. The Bertz CT molecular complexity index is 336. The molecule has 0 aliphatic heterocycles. The molecule has 3 nitrogen and oxygen atoms in total. The second kappa shape index (κ2) is 4.67. The normalized spacial score (nSPS) is 10.5. The summed E-state index contributed by atoms with van der Waals surface area (Å²) in [5, 5.41) is 8.77. The van der Waals surface area contributed by atoms with Gasteiger partial charge in [-0.05, 0) is 18.2 Å². The Balaban J connectivity index is 3.05. The Kier molecular flexibility index (Phi) is 3.52. The number of carboxylic acid groups (broad SMARTS) is 1. The molecule has 0 aliphatic rings. The Morgan fingerprint density at radius 1 is 1.69 bits per heavy atom. The molecule has 0 bridgehead atoms. The Morgan fingerprint density at radius 2 is 2.46 bits per heavy atom. The molecule has 0 saturated heterocycles. The Hall–Kier alpha value is -1.29. The molecule has 0 amide bonds. The zero-order valence-corrected chi connectivity index (χ0v) is 7.74. The molecule has 0 aliphatic carbocycles. The van der Waals surface area contributed by atoms with Crippen LogP contribution in [0.15, 0.2) is 24.4 Å². The summed E-state index contributed by atoms with van der Waals surface area (Å²) in [7, 11) is 0. The summed E-state index contributed by atoms with van der Waals surface area (Å²) in [6, 6.07) is 3.12. The van der Waals surface area contributed by atoms with Crippen LogP contribution in [-0.4, -0.2) is 21.8 Å². The number of nitrogens with zero attached hydrogens (tertiary/aromatic N) is 1. The molecule has 0 fully saturated rings. The third-order valence-electron chi connectivity index (χ3n) is 1.45. The fourth-order valence-corrected chi connectivity index (χ4v) is 1.00. The van der Waals surface area contributed by atoms with Gasteiger partial charge in [0.15, 0.2) is 0 Å². The summed E-state index contributed by atoms with van der Waals surface area (Å²) in [6.07, 6.45) is 4.96. The highest BCUT2D eigenvalue weighted by Gasteiger charge is 2.06. The van der Waals surface area contributed by atoms with Gasteiger partial charge in [0.25, 0.3) is 0 Å². The zero-order chi connectivity index (χ0) is 9.68. The number of aromatic carboxylic acids is 1. The summed E-state index contributed by atoms with van der Waals surface area (Å²) in [6.45, 7) is 0. The molecule has 0 radical (unpaired) electrons. The van der Waals surface area contributed by atoms with Gasteiger partial charge in [-0.15, -0.1) is 0 Å². The van der Waals surface area contributed by atoms with Crippen LogP contribution in [0.5, 0.6) is 0 Å². The summed E-state index contributed by atoms with van der Waals surface area (Å²) in [5.41, 5.74) is 0.671. The Morgan fingerprint density at radius 3 is 3.08 bits per heavy atom. The SMILES string of the molecule is O=C(O)c1cccnc1C=CCS. The van der Waals surface area contributed by atoms with E-state index in [1.54, 1.807) is 24.4 Å². The molecule has 0 atom stereocenters. The van der Waals surface area contributed by atoms with Crippen LogP contribution in [0.25, 0.3) is 6.08 Å². The van der Waals surface area contributed by atoms with Crippen LogP contribution >= 0.6 is 12.6 Å². The predicted molar refractivity (Wildman–Crippen MR) is 54.1 cm³/mol. The van der Waals surface area contributed by atoms with Gasteiger partial charge >= 0.3 is 5.97 Å². The second-order valence-electron chi connectivity index (χ2n) is 2.33. The monoisotopic (exact) mass is 195 g/mol. The zero-order valence-electron chi connectivity index (χ0n) is 6.84. The lowest BCUT2D eigenvalue weighted by Crippen LogP contribution is -2.00. The average Bonchev–Trinajstić information content (AvgIpc) is 2.15. The third kappa shape index (κ3) is 2.59. The minimum absolute atomic E-state index is 0.209. The van der Waals surface area contributed by atoms with E-state index in [0.29, 0.717) is 11.4 Å². The molecule has 0 unspecified atom stereocenters. The second-order valence-corrected chi connectivity index (χ2v) is 2.69. The maximum Gasteiger partial charge on any atom is 0.337 e. The van der Waals surface area contributed by atoms with E-state index >= 15 is 0 Å². The first-order chi connectivity index (χ1) is 6.25. The van der Waals surface area contributed by atoms with Crippen LogP contribution < -0.4 is 0 Å². The van der Waals surface area contributed by atoms with Crippen molar-refractivity contribution in [3.63, 3.8) is 0 Å². The van der Waals surface area contributed by atoms with Crippen molar-refractivity contribution < 1.29 is 9.90 Å². The fraction of sp³-hybridized carbons (Fsp3) is 0.111. The molecule has 1 N–H and O–H groups in total. The van der Waals surface area contributed by atoms with Gasteiger partial charge in [-0.1, -0.05) is 6.08 Å². The molecule has 0 spiro atoms. The first-order valence-electron chi connectivity index (χ1n) is 3.71. The van der Waals surface area contributed by atoms with Crippen molar-refractivity contribution in [3.05, 3.63) is 35.7 Å². The van der Waals surface area contributed by atoms with Crippen LogP contribution in [0.4, 0.5) is 0 Å². The van der Waals surface area contributed by atoms with Gasteiger partial charge in [-0.25, -0.2) is 4.79 Å². The quantitative estimate of drug-likeness (QED) is 0.722. The van der Waals surface area contributed by atoms with Gasteiger partial charge in [-0.2, -0.15) is 12.6 Å². The Labute approximate surface area is 81.5 Å². The molecule has 0 saturated carbocycles. The maximum absolute atomic E-state index is 10.7. The molecular weight excluding hydrogens is 186 g/mol. The summed E-state index contributed by atoms with van der Waals surface area (Å²) < 4.78 is 0. The van der Waals surface area contributed by atoms with Crippen molar-refractivity contribution in [1.82, 2.24) is 4.98 Å². The molecule has 1 heterocycles. The highest BCUT2D eigenvalue weighted by atomic mass is 32.1. The van der Waals surface area contributed by atoms with Crippen molar-refractivity contribution in [3.8, 4) is 0 Å². The number of aromatic nitrogens is 1. The predicted octanol–water partition coefficient (Wildman–Crippen LogP) is 1.72. The van der Waals surface area contributed by atoms with E-state index in [4.69, 9.17) is 5.11 Å². The molecule has 1 rings (SSSR count). The number of hydrogen-bond acceptors (Lipinski definition) is 3. The molecule has 1 aromatic heterocycles. The van der Waals surface area contributed by atoms with Crippen molar-refractivity contribution in [1.29, 1.82) is 0 Å². The van der Waals surface area contributed by atoms with Crippen molar-refractivity contribution in [2.45, 2.75) is 0 Å². The fourth-order valence-electron chi connectivity index (χ4n) is 0.896. The smallest absolute Gasteiger partial charge is 0.337 e. The van der Waals surface area contributed by atoms with Gasteiger partial charge in [0.2, 0.25) is 0 Å². The van der Waals surface area contributed by atoms with Crippen LogP contribution in [-0.2, 0) is 0 Å². The number of carbonyl (C=O) groups is 1. The first kappa shape index (κ1) is 9.80. The maximum atomic E-state index is 10.7. The van der Waals surface area contributed by atoms with Crippen LogP contribution in [0.2, 0.25) is 0 Å². The standard InChI is InChI=1S/C9H9NO2S/c11-9(12)7-3-1-5-10-8(7)4-2-6-13/h1-5,13H,6H2,(H,11,12).